The van der Waals surface area contributed by atoms with Crippen LogP contribution in [-0.2, 0) is 17.9 Å². The Labute approximate surface area is 168 Å². The first-order valence-corrected chi connectivity index (χ1v) is 9.42. The second-order valence-corrected chi connectivity index (χ2v) is 7.28. The molecule has 0 N–H and O–H groups in total. The molecule has 4 rings (SSSR count). The monoisotopic (exact) mass is 392 g/mol. The summed E-state index contributed by atoms with van der Waals surface area (Å²) in [5.41, 5.74) is 2.95. The number of urea groups is 1. The summed E-state index contributed by atoms with van der Waals surface area (Å²) in [5, 5.41) is 0.612. The molecule has 0 aromatic heterocycles. The van der Waals surface area contributed by atoms with Gasteiger partial charge in [-0.05, 0) is 41.8 Å². The van der Waals surface area contributed by atoms with Crippen molar-refractivity contribution in [2.75, 3.05) is 0 Å². The van der Waals surface area contributed by atoms with E-state index in [0.29, 0.717) is 17.4 Å². The van der Waals surface area contributed by atoms with Crippen molar-refractivity contribution in [3.63, 3.8) is 0 Å². The number of dihydropyridines is 1. The average molecular weight is 393 g/mol. The maximum absolute atomic E-state index is 13.3. The lowest BCUT2D eigenvalue weighted by Gasteiger charge is -2.27. The van der Waals surface area contributed by atoms with Gasteiger partial charge in [-0.15, -0.1) is 4.99 Å². The number of rotatable bonds is 4. The van der Waals surface area contributed by atoms with E-state index in [1.165, 1.54) is 4.90 Å². The summed E-state index contributed by atoms with van der Waals surface area (Å²) in [6.07, 6.45) is 5.15. The Bertz CT molecular complexity index is 1040. The van der Waals surface area contributed by atoms with E-state index >= 15 is 0 Å². The maximum atomic E-state index is 13.3. The number of halogens is 1. The van der Waals surface area contributed by atoms with Gasteiger partial charge in [0.05, 0.1) is 0 Å². The van der Waals surface area contributed by atoms with Gasteiger partial charge >= 0.3 is 11.9 Å². The largest absolute Gasteiger partial charge is 0.446 e. The lowest BCUT2D eigenvalue weighted by molar-refractivity contribution is -0.458. The Kier molecular flexibility index (Phi) is 4.92. The fraction of sp³-hybridized carbons (Fsp3) is 0.182. The Balaban J connectivity index is 1.72. The van der Waals surface area contributed by atoms with Crippen LogP contribution in [0.25, 0.3) is 0 Å². The van der Waals surface area contributed by atoms with Crippen LogP contribution in [0.15, 0.2) is 65.7 Å². The molecule has 2 aromatic rings. The zero-order chi connectivity index (χ0) is 19.7. The molecular formula is C22H19ClN3O2+. The normalized spacial score (nSPS) is 18.6. The highest BCUT2D eigenvalue weighted by atomic mass is 35.5. The highest BCUT2D eigenvalue weighted by Gasteiger charge is 2.46. The molecule has 2 aliphatic rings. The smallest absolute Gasteiger partial charge is 0.255 e. The first-order valence-electron chi connectivity index (χ1n) is 9.04. The number of hydrogen-bond acceptors (Lipinski definition) is 3. The highest BCUT2D eigenvalue weighted by Crippen LogP contribution is 2.23. The van der Waals surface area contributed by atoms with Crippen LogP contribution in [0.3, 0.4) is 0 Å². The number of benzene rings is 2. The van der Waals surface area contributed by atoms with Crippen molar-refractivity contribution < 1.29 is 14.2 Å². The van der Waals surface area contributed by atoms with Crippen LogP contribution in [0.5, 0.6) is 0 Å². The Hall–Kier alpha value is -3.05. The highest BCUT2D eigenvalue weighted by molar-refractivity contribution is 6.30. The van der Waals surface area contributed by atoms with Crippen molar-refractivity contribution in [2.45, 2.75) is 20.0 Å². The van der Waals surface area contributed by atoms with Gasteiger partial charge in [0.2, 0.25) is 0 Å². The minimum absolute atomic E-state index is 0.195. The summed E-state index contributed by atoms with van der Waals surface area (Å²) in [4.78, 5) is 31.9. The number of aryl methyl sites for hydroxylation is 1. The van der Waals surface area contributed by atoms with Crippen LogP contribution in [0.1, 0.15) is 16.7 Å². The lowest BCUT2D eigenvalue weighted by atomic mass is 10.0. The predicted molar refractivity (Wildman–Crippen MR) is 109 cm³/mol. The molecule has 5 nitrogen and oxygen atoms in total. The van der Waals surface area contributed by atoms with Gasteiger partial charge in [-0.25, -0.2) is 4.79 Å². The van der Waals surface area contributed by atoms with Crippen molar-refractivity contribution >= 4 is 35.6 Å². The molecule has 6 heteroatoms. The number of allylic oxidation sites excluding steroid dienone is 1. The molecular weight excluding hydrogens is 374 g/mol. The first kappa shape index (κ1) is 18.3. The summed E-state index contributed by atoms with van der Waals surface area (Å²) >= 11 is 5.95. The van der Waals surface area contributed by atoms with E-state index < -0.39 is 5.92 Å². The molecule has 2 aliphatic heterocycles. The summed E-state index contributed by atoms with van der Waals surface area (Å²) in [7, 11) is 0. The van der Waals surface area contributed by atoms with Crippen LogP contribution in [0, 0.1) is 12.8 Å². The Morgan fingerprint density at radius 1 is 1.11 bits per heavy atom. The number of aliphatic imine (C=N–C) groups is 1. The van der Waals surface area contributed by atoms with Gasteiger partial charge in [-0.2, -0.15) is 9.48 Å². The number of nitrogens with zero attached hydrogens (tertiary/aromatic N) is 3. The van der Waals surface area contributed by atoms with E-state index in [4.69, 9.17) is 11.6 Å². The summed E-state index contributed by atoms with van der Waals surface area (Å²) in [5.74, 6) is -0.337. The van der Waals surface area contributed by atoms with Crippen molar-refractivity contribution in [3.8, 4) is 0 Å². The molecule has 28 heavy (non-hydrogen) atoms. The molecule has 2 aromatic carbocycles. The molecule has 140 valence electrons. The third-order valence-electron chi connectivity index (χ3n) is 4.99. The average Bonchev–Trinajstić information content (AvgIpc) is 2.71. The third-order valence-corrected chi connectivity index (χ3v) is 5.24. The minimum atomic E-state index is -0.556. The number of carbonyl (C=O) groups excluding carboxylic acids is 2. The van der Waals surface area contributed by atoms with Gasteiger partial charge in [-0.1, -0.05) is 54.1 Å². The second kappa shape index (κ2) is 7.52. The van der Waals surface area contributed by atoms with E-state index in [2.05, 4.69) is 4.99 Å². The number of imide groups is 1. The first-order chi connectivity index (χ1) is 13.5. The van der Waals surface area contributed by atoms with Gasteiger partial charge in [0.15, 0.2) is 5.92 Å². The predicted octanol–water partition coefficient (Wildman–Crippen LogP) is 3.98. The minimum Gasteiger partial charge on any atom is -0.255 e. The molecule has 0 bridgehead atoms. The Morgan fingerprint density at radius 3 is 2.61 bits per heavy atom. The molecule has 0 saturated heterocycles. The molecule has 2 heterocycles. The fourth-order valence-electron chi connectivity index (χ4n) is 3.41. The van der Waals surface area contributed by atoms with Gasteiger partial charge in [0.25, 0.3) is 5.84 Å². The van der Waals surface area contributed by atoms with E-state index in [-0.39, 0.29) is 18.5 Å². The topological polar surface area (TPSA) is 52.8 Å². The fourth-order valence-corrected chi connectivity index (χ4v) is 3.53. The van der Waals surface area contributed by atoms with Crippen molar-refractivity contribution in [1.82, 2.24) is 4.90 Å². The van der Waals surface area contributed by atoms with Gasteiger partial charge in [0, 0.05) is 5.02 Å². The molecule has 1 unspecified atom stereocenters. The molecule has 1 atom stereocenters. The number of amides is 3. The molecule has 0 fully saturated rings. The number of fused-ring (bicyclic) bond motifs is 1. The van der Waals surface area contributed by atoms with Gasteiger partial charge in [0.1, 0.15) is 19.3 Å². The van der Waals surface area contributed by atoms with Gasteiger partial charge < -0.3 is 0 Å². The zero-order valence-corrected chi connectivity index (χ0v) is 16.1. The van der Waals surface area contributed by atoms with E-state index in [1.54, 1.807) is 35.1 Å². The van der Waals surface area contributed by atoms with E-state index in [9.17, 15) is 9.59 Å². The second-order valence-electron chi connectivity index (χ2n) is 6.84. The van der Waals surface area contributed by atoms with Crippen molar-refractivity contribution in [2.24, 2.45) is 10.9 Å². The number of amidine groups is 1. The summed E-state index contributed by atoms with van der Waals surface area (Å²) < 4.78 is 1.60. The summed E-state index contributed by atoms with van der Waals surface area (Å²) in [6, 6.07) is 14.7. The van der Waals surface area contributed by atoms with Crippen LogP contribution in [-0.4, -0.2) is 33.5 Å². The van der Waals surface area contributed by atoms with E-state index in [1.807, 2.05) is 43.3 Å². The van der Waals surface area contributed by atoms with Crippen LogP contribution >= 0.6 is 11.6 Å². The van der Waals surface area contributed by atoms with Crippen molar-refractivity contribution in [1.29, 1.82) is 0 Å². The molecule has 0 aliphatic carbocycles. The zero-order valence-electron chi connectivity index (χ0n) is 15.4. The Morgan fingerprint density at radius 2 is 1.86 bits per heavy atom. The quantitative estimate of drug-likeness (QED) is 0.739. The summed E-state index contributed by atoms with van der Waals surface area (Å²) in [6.45, 7) is 2.57. The SMILES string of the molecule is Cc1ccccc1C[N+]1=C2N=CC=CC2C(=O)N(Cc2ccc(Cl)cc2)C1=O. The number of carbonyl (C=O) groups is 2. The van der Waals surface area contributed by atoms with Crippen molar-refractivity contribution in [3.05, 3.63) is 82.4 Å². The standard InChI is InChI=1S/C22H19ClN3O2/c1-15-5-2-3-6-17(15)14-25-20-19(7-4-12-24-20)21(27)26(22(25)28)13-16-8-10-18(23)11-9-16/h2-12,19H,13-14H2,1H3/q+1. The molecule has 3 amide bonds. The van der Waals surface area contributed by atoms with E-state index in [0.717, 1.165) is 16.7 Å². The molecule has 0 saturated carbocycles. The van der Waals surface area contributed by atoms with Crippen LogP contribution in [0.2, 0.25) is 5.02 Å². The molecule has 0 spiro atoms. The lowest BCUT2D eigenvalue weighted by Crippen LogP contribution is -2.53. The third kappa shape index (κ3) is 3.41. The molecule has 0 radical (unpaired) electrons. The van der Waals surface area contributed by atoms with Crippen LogP contribution < -0.4 is 0 Å². The number of hydrogen-bond donors (Lipinski definition) is 0. The van der Waals surface area contributed by atoms with Crippen LogP contribution in [0.4, 0.5) is 4.79 Å². The maximum Gasteiger partial charge on any atom is 0.446 e. The van der Waals surface area contributed by atoms with Gasteiger partial charge in [-0.3, -0.25) is 4.79 Å².